The van der Waals surface area contributed by atoms with Gasteiger partial charge in [0, 0.05) is 18.7 Å². The molecule has 2 aromatic carbocycles. The summed E-state index contributed by atoms with van der Waals surface area (Å²) in [7, 11) is 1.67. The van der Waals surface area contributed by atoms with Crippen molar-refractivity contribution in [3.8, 4) is 11.5 Å². The molecule has 0 bridgehead atoms. The number of amides is 1. The van der Waals surface area contributed by atoms with E-state index in [4.69, 9.17) is 15.2 Å². The average molecular weight is 386 g/mol. The lowest BCUT2D eigenvalue weighted by atomic mass is 10.2. The third kappa shape index (κ3) is 7.21. The van der Waals surface area contributed by atoms with Crippen LogP contribution in [0.2, 0.25) is 0 Å². The second kappa shape index (κ2) is 12.0. The Labute approximate surface area is 167 Å². The molecule has 0 saturated heterocycles. The third-order valence-corrected chi connectivity index (χ3v) is 4.44. The van der Waals surface area contributed by atoms with Crippen LogP contribution in [-0.4, -0.2) is 32.2 Å². The van der Waals surface area contributed by atoms with Crippen molar-refractivity contribution in [2.75, 3.05) is 20.2 Å². The maximum Gasteiger partial charge on any atom is 0.258 e. The molecule has 0 aromatic heterocycles. The number of nitrogens with two attached hydrogens (primary N) is 1. The fourth-order valence-corrected chi connectivity index (χ4v) is 2.80. The summed E-state index contributed by atoms with van der Waals surface area (Å²) < 4.78 is 10.9. The molecule has 0 aliphatic heterocycles. The smallest absolute Gasteiger partial charge is 0.258 e. The first-order valence-electron chi connectivity index (χ1n) is 9.72. The van der Waals surface area contributed by atoms with Crippen molar-refractivity contribution >= 4 is 5.91 Å². The Kier molecular flexibility index (Phi) is 9.31. The highest BCUT2D eigenvalue weighted by molar-refractivity contribution is 5.79. The van der Waals surface area contributed by atoms with Gasteiger partial charge in [0.05, 0.1) is 7.11 Å². The van der Waals surface area contributed by atoms with E-state index in [-0.39, 0.29) is 0 Å². The number of carbonyl (C=O) groups is 1. The number of ether oxygens (including phenoxy) is 2. The van der Waals surface area contributed by atoms with Crippen LogP contribution in [0, 0.1) is 0 Å². The number of nitrogens with one attached hydrogen (secondary N) is 2. The van der Waals surface area contributed by atoms with Gasteiger partial charge in [-0.1, -0.05) is 37.3 Å². The number of carbonyl (C=O) groups excluding carboxylic acids is 1. The van der Waals surface area contributed by atoms with Gasteiger partial charge in [-0.15, -0.1) is 0 Å². The first kappa shape index (κ1) is 21.7. The number of methoxy groups -OCH3 is 1. The molecule has 4 N–H and O–H groups in total. The van der Waals surface area contributed by atoms with Crippen molar-refractivity contribution in [1.82, 2.24) is 10.6 Å². The number of hydrogen-bond acceptors (Lipinski definition) is 5. The molecule has 2 aromatic rings. The fourth-order valence-electron chi connectivity index (χ4n) is 2.80. The van der Waals surface area contributed by atoms with Crippen molar-refractivity contribution in [3.63, 3.8) is 0 Å². The number of primary amides is 1. The van der Waals surface area contributed by atoms with Crippen LogP contribution in [0.4, 0.5) is 0 Å². The zero-order chi connectivity index (χ0) is 20.2. The number of benzene rings is 2. The molecule has 0 fully saturated rings. The Morgan fingerprint density at radius 1 is 1.04 bits per heavy atom. The molecule has 1 unspecified atom stereocenters. The van der Waals surface area contributed by atoms with Crippen LogP contribution < -0.4 is 25.8 Å². The molecule has 0 aliphatic carbocycles. The minimum atomic E-state index is -0.594. The number of para-hydroxylation sites is 1. The van der Waals surface area contributed by atoms with Crippen molar-refractivity contribution < 1.29 is 14.3 Å². The zero-order valence-electron chi connectivity index (χ0n) is 16.7. The molecule has 2 rings (SSSR count). The van der Waals surface area contributed by atoms with E-state index in [2.05, 4.69) is 22.8 Å². The predicted molar refractivity (Wildman–Crippen MR) is 111 cm³/mol. The van der Waals surface area contributed by atoms with E-state index in [1.165, 1.54) is 5.56 Å². The summed E-state index contributed by atoms with van der Waals surface area (Å²) in [5, 5.41) is 6.86. The van der Waals surface area contributed by atoms with Gasteiger partial charge >= 0.3 is 0 Å². The SMILES string of the molecule is CCC(Oc1ccccc1CNCCCNCc1ccc(OC)cc1)C(N)=O. The minimum Gasteiger partial charge on any atom is -0.497 e. The highest BCUT2D eigenvalue weighted by Crippen LogP contribution is 2.20. The molecule has 0 spiro atoms. The summed E-state index contributed by atoms with van der Waals surface area (Å²) in [4.78, 5) is 11.4. The van der Waals surface area contributed by atoms with Gasteiger partial charge in [0.2, 0.25) is 0 Å². The average Bonchev–Trinajstić information content (AvgIpc) is 2.72. The van der Waals surface area contributed by atoms with Crippen LogP contribution >= 0.6 is 0 Å². The third-order valence-electron chi connectivity index (χ3n) is 4.44. The minimum absolute atomic E-state index is 0.437. The maximum atomic E-state index is 11.4. The van der Waals surface area contributed by atoms with Crippen molar-refractivity contribution in [1.29, 1.82) is 0 Å². The van der Waals surface area contributed by atoms with Gasteiger partial charge in [0.1, 0.15) is 11.5 Å². The van der Waals surface area contributed by atoms with Gasteiger partial charge in [0.15, 0.2) is 6.10 Å². The normalized spacial score (nSPS) is 11.8. The van der Waals surface area contributed by atoms with E-state index in [0.717, 1.165) is 37.4 Å². The molecular weight excluding hydrogens is 354 g/mol. The van der Waals surface area contributed by atoms with Crippen molar-refractivity contribution in [2.45, 2.75) is 39.0 Å². The fraction of sp³-hybridized carbons (Fsp3) is 0.409. The number of hydrogen-bond donors (Lipinski definition) is 3. The molecule has 1 amide bonds. The van der Waals surface area contributed by atoms with Crippen molar-refractivity contribution in [3.05, 3.63) is 59.7 Å². The molecular formula is C22H31N3O3. The zero-order valence-corrected chi connectivity index (χ0v) is 16.7. The van der Waals surface area contributed by atoms with E-state index >= 15 is 0 Å². The van der Waals surface area contributed by atoms with Gasteiger partial charge in [-0.05, 0) is 49.7 Å². The summed E-state index contributed by atoms with van der Waals surface area (Å²) in [6, 6.07) is 15.8. The second-order valence-electron chi connectivity index (χ2n) is 6.58. The van der Waals surface area contributed by atoms with Crippen LogP contribution in [0.3, 0.4) is 0 Å². The highest BCUT2D eigenvalue weighted by atomic mass is 16.5. The molecule has 0 aliphatic rings. The van der Waals surface area contributed by atoms with Crippen LogP contribution in [0.1, 0.15) is 30.9 Å². The summed E-state index contributed by atoms with van der Waals surface area (Å²) in [6.45, 7) is 5.22. The molecule has 28 heavy (non-hydrogen) atoms. The molecule has 0 heterocycles. The Bertz CT molecular complexity index is 719. The Morgan fingerprint density at radius 2 is 1.71 bits per heavy atom. The van der Waals surface area contributed by atoms with E-state index < -0.39 is 12.0 Å². The van der Waals surface area contributed by atoms with E-state index in [1.807, 2.05) is 43.3 Å². The van der Waals surface area contributed by atoms with Gasteiger partial charge in [0.25, 0.3) is 5.91 Å². The first-order chi connectivity index (χ1) is 13.6. The lowest BCUT2D eigenvalue weighted by molar-refractivity contribution is -0.124. The summed E-state index contributed by atoms with van der Waals surface area (Å²) >= 11 is 0. The van der Waals surface area contributed by atoms with Crippen LogP contribution in [0.15, 0.2) is 48.5 Å². The van der Waals surface area contributed by atoms with Gasteiger partial charge in [-0.2, -0.15) is 0 Å². The molecule has 6 nitrogen and oxygen atoms in total. The summed E-state index contributed by atoms with van der Waals surface area (Å²) in [5.74, 6) is 1.14. The molecule has 152 valence electrons. The van der Waals surface area contributed by atoms with Gasteiger partial charge in [-0.3, -0.25) is 4.79 Å². The Balaban J connectivity index is 1.67. The molecule has 6 heteroatoms. The summed E-state index contributed by atoms with van der Waals surface area (Å²) in [6.07, 6.45) is 0.970. The van der Waals surface area contributed by atoms with E-state index in [1.54, 1.807) is 7.11 Å². The quantitative estimate of drug-likeness (QED) is 0.462. The van der Waals surface area contributed by atoms with Gasteiger partial charge < -0.3 is 25.8 Å². The first-order valence-corrected chi connectivity index (χ1v) is 9.72. The number of rotatable bonds is 13. The molecule has 1 atom stereocenters. The second-order valence-corrected chi connectivity index (χ2v) is 6.58. The molecule has 0 radical (unpaired) electrons. The summed E-state index contributed by atoms with van der Waals surface area (Å²) in [5.41, 5.74) is 7.63. The van der Waals surface area contributed by atoms with Crippen LogP contribution in [0.5, 0.6) is 11.5 Å². The standard InChI is InChI=1S/C22H31N3O3/c1-3-20(22(23)26)28-21-8-5-4-7-18(21)16-25-14-6-13-24-15-17-9-11-19(27-2)12-10-17/h4-5,7-12,20,24-25H,3,6,13-16H2,1-2H3,(H2,23,26). The topological polar surface area (TPSA) is 85.6 Å². The lowest BCUT2D eigenvalue weighted by Gasteiger charge is -2.17. The van der Waals surface area contributed by atoms with Crippen LogP contribution in [-0.2, 0) is 17.9 Å². The van der Waals surface area contributed by atoms with Crippen molar-refractivity contribution in [2.24, 2.45) is 5.73 Å². The maximum absolute atomic E-state index is 11.4. The van der Waals surface area contributed by atoms with E-state index in [9.17, 15) is 4.79 Å². The Hall–Kier alpha value is -2.57. The van der Waals surface area contributed by atoms with Gasteiger partial charge in [-0.25, -0.2) is 0 Å². The largest absolute Gasteiger partial charge is 0.497 e. The van der Waals surface area contributed by atoms with Crippen LogP contribution in [0.25, 0.3) is 0 Å². The van der Waals surface area contributed by atoms with E-state index in [0.29, 0.717) is 18.7 Å². The lowest BCUT2D eigenvalue weighted by Crippen LogP contribution is -2.33. The predicted octanol–water partition coefficient (Wildman–Crippen LogP) is 2.61. The molecule has 0 saturated carbocycles. The highest BCUT2D eigenvalue weighted by Gasteiger charge is 2.16. The Morgan fingerprint density at radius 3 is 2.36 bits per heavy atom. The monoisotopic (exact) mass is 385 g/mol.